The number of nitrogens with two attached hydrogens (primary N) is 1. The molecule has 116 valence electrons. The molecule has 0 unspecified atom stereocenters. The topological polar surface area (TPSA) is 115 Å². The van der Waals surface area contributed by atoms with E-state index in [1.54, 1.807) is 0 Å². The maximum Gasteiger partial charge on any atom is 0.269 e. The van der Waals surface area contributed by atoms with Crippen molar-refractivity contribution in [2.45, 2.75) is 24.0 Å². The summed E-state index contributed by atoms with van der Waals surface area (Å²) >= 11 is 0. The lowest BCUT2D eigenvalue weighted by atomic mass is 10.2. The summed E-state index contributed by atoms with van der Waals surface area (Å²) in [5.74, 6) is -1.14. The van der Waals surface area contributed by atoms with E-state index in [1.165, 1.54) is 32.0 Å². The van der Waals surface area contributed by atoms with Crippen LogP contribution in [-0.4, -0.2) is 44.6 Å². The van der Waals surface area contributed by atoms with Gasteiger partial charge in [-0.2, -0.15) is 0 Å². The van der Waals surface area contributed by atoms with Gasteiger partial charge in [-0.25, -0.2) is 21.1 Å². The summed E-state index contributed by atoms with van der Waals surface area (Å²) in [5, 5.41) is -0.629. The normalized spacial score (nSPS) is 17.3. The number of nitrogens with zero attached hydrogens (tertiary/aromatic N) is 1. The van der Waals surface area contributed by atoms with E-state index in [4.69, 9.17) is 5.73 Å². The van der Waals surface area contributed by atoms with Crippen LogP contribution in [-0.2, 0) is 19.9 Å². The summed E-state index contributed by atoms with van der Waals surface area (Å²) in [6.07, 6.45) is 0. The number of sulfone groups is 1. The van der Waals surface area contributed by atoms with E-state index in [9.17, 15) is 21.6 Å². The number of amides is 1. The van der Waals surface area contributed by atoms with Gasteiger partial charge in [0.2, 0.25) is 0 Å². The molecule has 1 amide bonds. The lowest BCUT2D eigenvalue weighted by Gasteiger charge is -2.16. The van der Waals surface area contributed by atoms with Gasteiger partial charge in [0.15, 0.2) is 9.84 Å². The molecule has 0 bridgehead atoms. The zero-order chi connectivity index (χ0) is 16.0. The average molecular weight is 332 g/mol. The molecule has 1 aliphatic heterocycles. The Hall–Kier alpha value is -1.61. The molecule has 0 saturated carbocycles. The second kappa shape index (κ2) is 4.99. The lowest BCUT2D eigenvalue weighted by molar-refractivity contribution is 0.0876. The van der Waals surface area contributed by atoms with Crippen molar-refractivity contribution in [1.29, 1.82) is 0 Å². The second-order valence-corrected chi connectivity index (χ2v) is 9.56. The molecule has 0 aliphatic carbocycles. The number of sulfonamides is 1. The van der Waals surface area contributed by atoms with Gasteiger partial charge in [-0.1, -0.05) is 0 Å². The first kappa shape index (κ1) is 15.8. The Kier molecular flexibility index (Phi) is 3.75. The molecular weight excluding hydrogens is 316 g/mol. The molecule has 0 aromatic heterocycles. The largest absolute Gasteiger partial charge is 0.399 e. The molecule has 1 aromatic carbocycles. The summed E-state index contributed by atoms with van der Waals surface area (Å²) in [6.45, 7) is 2.62. The first-order valence-electron chi connectivity index (χ1n) is 6.25. The van der Waals surface area contributed by atoms with Crippen molar-refractivity contribution in [3.05, 3.63) is 23.8 Å². The van der Waals surface area contributed by atoms with E-state index in [2.05, 4.69) is 0 Å². The number of fused-ring (bicyclic) bond motifs is 1. The number of hydrogen-bond acceptors (Lipinski definition) is 6. The van der Waals surface area contributed by atoms with Crippen LogP contribution in [0.5, 0.6) is 0 Å². The highest BCUT2D eigenvalue weighted by Gasteiger charge is 2.41. The van der Waals surface area contributed by atoms with Gasteiger partial charge in [-0.15, -0.1) is 0 Å². The maximum atomic E-state index is 12.3. The van der Waals surface area contributed by atoms with E-state index in [0.29, 0.717) is 4.31 Å². The number of rotatable bonds is 4. The predicted octanol–water partition coefficient (Wildman–Crippen LogP) is 0.237. The highest BCUT2D eigenvalue weighted by atomic mass is 32.2. The van der Waals surface area contributed by atoms with Crippen LogP contribution in [0.25, 0.3) is 0 Å². The van der Waals surface area contributed by atoms with Crippen molar-refractivity contribution in [2.24, 2.45) is 0 Å². The summed E-state index contributed by atoms with van der Waals surface area (Å²) in [6, 6.07) is 3.93. The molecule has 0 fully saturated rings. The van der Waals surface area contributed by atoms with E-state index >= 15 is 0 Å². The molecule has 7 nitrogen and oxygen atoms in total. The summed E-state index contributed by atoms with van der Waals surface area (Å²) < 4.78 is 48.7. The highest BCUT2D eigenvalue weighted by molar-refractivity contribution is 7.92. The smallest absolute Gasteiger partial charge is 0.269 e. The van der Waals surface area contributed by atoms with E-state index in [0.717, 1.165) is 0 Å². The quantitative estimate of drug-likeness (QED) is 0.790. The third kappa shape index (κ3) is 2.62. The molecule has 2 rings (SSSR count). The summed E-state index contributed by atoms with van der Waals surface area (Å²) in [4.78, 5) is 12.0. The highest BCUT2D eigenvalue weighted by Crippen LogP contribution is 2.31. The van der Waals surface area contributed by atoms with E-state index in [-0.39, 0.29) is 16.1 Å². The molecule has 21 heavy (non-hydrogen) atoms. The molecular formula is C12H16N2O5S2. The van der Waals surface area contributed by atoms with Crippen LogP contribution in [0.3, 0.4) is 0 Å². The fourth-order valence-corrected chi connectivity index (χ4v) is 4.54. The molecule has 0 atom stereocenters. The minimum absolute atomic E-state index is 0.0167. The molecule has 1 heterocycles. The number of hydrogen-bond donors (Lipinski definition) is 1. The SMILES string of the molecule is CC(C)S(=O)(=O)CCN1C(=O)c2cc(N)ccc2S1(=O)=O. The van der Waals surface area contributed by atoms with Gasteiger partial charge in [0.25, 0.3) is 15.9 Å². The van der Waals surface area contributed by atoms with Gasteiger partial charge < -0.3 is 5.73 Å². The maximum absolute atomic E-state index is 12.3. The third-order valence-corrected chi connectivity index (χ3v) is 7.35. The number of carbonyl (C=O) groups is 1. The van der Waals surface area contributed by atoms with Crippen LogP contribution >= 0.6 is 0 Å². The van der Waals surface area contributed by atoms with Crippen LogP contribution in [0.2, 0.25) is 0 Å². The zero-order valence-electron chi connectivity index (χ0n) is 11.6. The first-order valence-corrected chi connectivity index (χ1v) is 9.41. The Balaban J connectivity index is 2.35. The zero-order valence-corrected chi connectivity index (χ0v) is 13.2. The van der Waals surface area contributed by atoms with Gasteiger partial charge >= 0.3 is 0 Å². The van der Waals surface area contributed by atoms with Crippen LogP contribution in [0.4, 0.5) is 5.69 Å². The number of benzene rings is 1. The molecule has 0 spiro atoms. The fourth-order valence-electron chi connectivity index (χ4n) is 1.97. The lowest BCUT2D eigenvalue weighted by Crippen LogP contribution is -2.35. The van der Waals surface area contributed by atoms with Crippen molar-refractivity contribution in [1.82, 2.24) is 4.31 Å². The van der Waals surface area contributed by atoms with Crippen molar-refractivity contribution >= 4 is 31.5 Å². The average Bonchev–Trinajstić information content (AvgIpc) is 2.55. The monoisotopic (exact) mass is 332 g/mol. The Morgan fingerprint density at radius 1 is 1.29 bits per heavy atom. The Morgan fingerprint density at radius 2 is 1.90 bits per heavy atom. The predicted molar refractivity (Wildman–Crippen MR) is 78.0 cm³/mol. The molecule has 1 aromatic rings. The fraction of sp³-hybridized carbons (Fsp3) is 0.417. The molecule has 1 aliphatic rings. The minimum atomic E-state index is -4.00. The van der Waals surface area contributed by atoms with Crippen molar-refractivity contribution < 1.29 is 21.6 Å². The van der Waals surface area contributed by atoms with Crippen molar-refractivity contribution in [3.63, 3.8) is 0 Å². The van der Waals surface area contributed by atoms with E-state index in [1.807, 2.05) is 0 Å². The second-order valence-electron chi connectivity index (χ2n) is 5.05. The number of nitrogen functional groups attached to an aromatic ring is 1. The van der Waals surface area contributed by atoms with Crippen LogP contribution < -0.4 is 5.73 Å². The number of anilines is 1. The van der Waals surface area contributed by atoms with Gasteiger partial charge in [0.1, 0.15) is 4.90 Å². The van der Waals surface area contributed by atoms with Gasteiger partial charge in [0.05, 0.1) is 23.1 Å². The third-order valence-electron chi connectivity index (χ3n) is 3.33. The van der Waals surface area contributed by atoms with Gasteiger partial charge in [0, 0.05) is 5.69 Å². The Bertz CT molecular complexity index is 797. The standard InChI is InChI=1S/C12H16N2O5S2/c1-8(2)20(16,17)6-5-14-12(15)10-7-9(13)3-4-11(10)21(14,18)19/h3-4,7-8H,5-6,13H2,1-2H3. The summed E-state index contributed by atoms with van der Waals surface area (Å²) in [5.41, 5.74) is 5.80. The molecule has 0 radical (unpaired) electrons. The van der Waals surface area contributed by atoms with Crippen LogP contribution in [0.1, 0.15) is 24.2 Å². The van der Waals surface area contributed by atoms with Crippen LogP contribution in [0.15, 0.2) is 23.1 Å². The van der Waals surface area contributed by atoms with E-state index < -0.39 is 43.3 Å². The first-order chi connectivity index (χ1) is 9.57. The summed E-state index contributed by atoms with van der Waals surface area (Å²) in [7, 11) is -7.43. The van der Waals surface area contributed by atoms with Crippen LogP contribution in [0, 0.1) is 0 Å². The molecule has 2 N–H and O–H groups in total. The van der Waals surface area contributed by atoms with Crippen molar-refractivity contribution in [3.8, 4) is 0 Å². The minimum Gasteiger partial charge on any atom is -0.399 e. The van der Waals surface area contributed by atoms with Gasteiger partial charge in [-0.05, 0) is 32.0 Å². The Morgan fingerprint density at radius 3 is 2.48 bits per heavy atom. The Labute approximate surface area is 123 Å². The van der Waals surface area contributed by atoms with Crippen molar-refractivity contribution in [2.75, 3.05) is 18.0 Å². The molecule has 0 saturated heterocycles. The number of carbonyl (C=O) groups excluding carboxylic acids is 1. The molecule has 9 heteroatoms. The van der Waals surface area contributed by atoms with Gasteiger partial charge in [-0.3, -0.25) is 4.79 Å².